The van der Waals surface area contributed by atoms with Crippen molar-refractivity contribution in [1.82, 2.24) is 0 Å². The summed E-state index contributed by atoms with van der Waals surface area (Å²) in [5, 5.41) is 0.670. The first-order valence-corrected chi connectivity index (χ1v) is 5.09. The normalized spacial score (nSPS) is 42.6. The average Bonchev–Trinajstić information content (AvgIpc) is 2.29. The van der Waals surface area contributed by atoms with Crippen molar-refractivity contribution in [3.05, 3.63) is 0 Å². The maximum absolute atomic E-state index is 2.68. The van der Waals surface area contributed by atoms with Crippen molar-refractivity contribution in [2.45, 2.75) is 57.1 Å². The van der Waals surface area contributed by atoms with E-state index in [2.05, 4.69) is 21.1 Å². The van der Waals surface area contributed by atoms with Crippen LogP contribution < -0.4 is 0 Å². The molecule has 0 aromatic carbocycles. The molecule has 0 nitrogen and oxygen atoms in total. The molecule has 11 heavy (non-hydrogen) atoms. The average molecular weight is 149 g/mol. The molecule has 2 bridgehead atoms. The lowest BCUT2D eigenvalue weighted by atomic mass is 9.42. The van der Waals surface area contributed by atoms with Crippen LogP contribution in [-0.4, -0.2) is 7.28 Å². The molecular weight excluding hydrogens is 131 g/mol. The van der Waals surface area contributed by atoms with E-state index in [1.54, 1.807) is 0 Å². The van der Waals surface area contributed by atoms with E-state index in [9.17, 15) is 0 Å². The third kappa shape index (κ3) is 1.13. The van der Waals surface area contributed by atoms with Crippen LogP contribution in [0.1, 0.15) is 46.0 Å². The van der Waals surface area contributed by atoms with Crippen molar-refractivity contribution < 1.29 is 0 Å². The molecule has 0 aliphatic carbocycles. The Morgan fingerprint density at radius 1 is 1.27 bits per heavy atom. The summed E-state index contributed by atoms with van der Waals surface area (Å²) in [6.45, 7) is 4.79. The maximum Gasteiger partial charge on any atom is 0.122 e. The van der Waals surface area contributed by atoms with Crippen LogP contribution in [0.5, 0.6) is 0 Å². The predicted molar refractivity (Wildman–Crippen MR) is 50.1 cm³/mol. The zero-order chi connectivity index (χ0) is 7.90. The van der Waals surface area contributed by atoms with Crippen LogP contribution in [-0.2, 0) is 0 Å². The van der Waals surface area contributed by atoms with E-state index in [1.165, 1.54) is 32.1 Å². The van der Waals surface area contributed by atoms with Crippen molar-refractivity contribution in [1.29, 1.82) is 0 Å². The van der Waals surface area contributed by atoms with Gasteiger partial charge < -0.3 is 0 Å². The summed E-state index contributed by atoms with van der Waals surface area (Å²) in [4.78, 5) is 0. The third-order valence-electron chi connectivity index (χ3n) is 3.92. The van der Waals surface area contributed by atoms with Crippen molar-refractivity contribution in [2.75, 3.05) is 0 Å². The Morgan fingerprint density at radius 2 is 2.09 bits per heavy atom. The quantitative estimate of drug-likeness (QED) is 0.502. The fraction of sp³-hybridized carbons (Fsp3) is 1.00. The largest absolute Gasteiger partial charge is 0.122 e. The number of hydrogen-bond acceptors (Lipinski definition) is 0. The second kappa shape index (κ2) is 2.53. The van der Waals surface area contributed by atoms with Crippen LogP contribution in [0, 0.1) is 5.92 Å². The number of hydrogen-bond donors (Lipinski definition) is 0. The summed E-state index contributed by atoms with van der Waals surface area (Å²) in [6.07, 6.45) is 7.41. The van der Waals surface area contributed by atoms with E-state index in [4.69, 9.17) is 0 Å². The fourth-order valence-electron chi connectivity index (χ4n) is 2.99. The second-order valence-corrected chi connectivity index (χ2v) is 4.75. The van der Waals surface area contributed by atoms with Gasteiger partial charge in [0, 0.05) is 0 Å². The Hall–Kier alpha value is 0.0649. The molecule has 0 aromatic heterocycles. The summed E-state index contributed by atoms with van der Waals surface area (Å²) in [7, 11) is 2.68. The molecule has 2 rings (SSSR count). The van der Waals surface area contributed by atoms with E-state index >= 15 is 0 Å². The molecule has 2 heterocycles. The highest BCUT2D eigenvalue weighted by Gasteiger charge is 2.44. The standard InChI is InChI=1S/C10H18B/c1-8(2)10-6-3-4-9(11-10)5-7-10/h8-9H,3-7H2,1-2H3. The first kappa shape index (κ1) is 7.70. The van der Waals surface area contributed by atoms with Gasteiger partial charge in [0.2, 0.25) is 0 Å². The summed E-state index contributed by atoms with van der Waals surface area (Å²) < 4.78 is 0. The van der Waals surface area contributed by atoms with Gasteiger partial charge in [0.1, 0.15) is 7.28 Å². The van der Waals surface area contributed by atoms with Gasteiger partial charge in [0.15, 0.2) is 0 Å². The lowest BCUT2D eigenvalue weighted by Gasteiger charge is -2.36. The molecule has 2 saturated heterocycles. The zero-order valence-electron chi connectivity index (χ0n) is 7.77. The van der Waals surface area contributed by atoms with E-state index in [0.717, 1.165) is 11.7 Å². The first-order chi connectivity index (χ1) is 5.23. The highest BCUT2D eigenvalue weighted by atomic mass is 14.4. The maximum atomic E-state index is 2.68. The lowest BCUT2D eigenvalue weighted by molar-refractivity contribution is 0.367. The van der Waals surface area contributed by atoms with Gasteiger partial charge in [-0.2, -0.15) is 0 Å². The number of rotatable bonds is 1. The summed E-state index contributed by atoms with van der Waals surface area (Å²) >= 11 is 0. The zero-order valence-corrected chi connectivity index (χ0v) is 7.77. The first-order valence-electron chi connectivity index (χ1n) is 5.09. The van der Waals surface area contributed by atoms with Crippen LogP contribution >= 0.6 is 0 Å². The van der Waals surface area contributed by atoms with E-state index in [-0.39, 0.29) is 0 Å². The van der Waals surface area contributed by atoms with Crippen LogP contribution in [0.2, 0.25) is 11.1 Å². The van der Waals surface area contributed by atoms with Crippen molar-refractivity contribution in [3.63, 3.8) is 0 Å². The van der Waals surface area contributed by atoms with Gasteiger partial charge in [0.05, 0.1) is 0 Å². The molecule has 0 spiro atoms. The van der Waals surface area contributed by atoms with Crippen LogP contribution in [0.25, 0.3) is 0 Å². The Kier molecular flexibility index (Phi) is 1.77. The smallest absolute Gasteiger partial charge is 0.0682 e. The monoisotopic (exact) mass is 149 g/mol. The van der Waals surface area contributed by atoms with Gasteiger partial charge in [-0.25, -0.2) is 0 Å². The van der Waals surface area contributed by atoms with E-state index in [0.29, 0.717) is 5.31 Å². The summed E-state index contributed by atoms with van der Waals surface area (Å²) in [5.74, 6) is 1.87. The van der Waals surface area contributed by atoms with Crippen LogP contribution in [0.4, 0.5) is 0 Å². The Labute approximate surface area is 71.0 Å². The molecular formula is C10H18B. The highest BCUT2D eigenvalue weighted by molar-refractivity contribution is 6.43. The van der Waals surface area contributed by atoms with Crippen molar-refractivity contribution >= 4 is 7.28 Å². The molecule has 1 heteroatoms. The summed E-state index contributed by atoms with van der Waals surface area (Å²) in [5.41, 5.74) is 0. The van der Waals surface area contributed by atoms with Crippen LogP contribution in [0.3, 0.4) is 0 Å². The highest BCUT2D eigenvalue weighted by Crippen LogP contribution is 2.57. The Morgan fingerprint density at radius 3 is 2.73 bits per heavy atom. The van der Waals surface area contributed by atoms with Gasteiger partial charge in [-0.3, -0.25) is 0 Å². The molecule has 2 unspecified atom stereocenters. The molecule has 0 N–H and O–H groups in total. The second-order valence-electron chi connectivity index (χ2n) is 4.75. The van der Waals surface area contributed by atoms with E-state index < -0.39 is 0 Å². The van der Waals surface area contributed by atoms with Crippen molar-refractivity contribution in [3.8, 4) is 0 Å². The molecule has 2 fully saturated rings. The minimum atomic E-state index is 0.670. The van der Waals surface area contributed by atoms with Gasteiger partial charge in [-0.05, 0) is 5.92 Å². The SMILES string of the molecule is CC(C)C12[B]C(CCC1)CC2. The topological polar surface area (TPSA) is 0 Å². The molecule has 2 atom stereocenters. The van der Waals surface area contributed by atoms with Gasteiger partial charge >= 0.3 is 0 Å². The van der Waals surface area contributed by atoms with E-state index in [1.807, 2.05) is 0 Å². The van der Waals surface area contributed by atoms with Crippen LogP contribution in [0.15, 0.2) is 0 Å². The fourth-order valence-corrected chi connectivity index (χ4v) is 2.99. The van der Waals surface area contributed by atoms with Crippen molar-refractivity contribution in [2.24, 2.45) is 5.92 Å². The number of fused-ring (bicyclic) bond motifs is 2. The van der Waals surface area contributed by atoms with Gasteiger partial charge in [0.25, 0.3) is 0 Å². The Balaban J connectivity index is 2.13. The Bertz CT molecular complexity index is 149. The third-order valence-corrected chi connectivity index (χ3v) is 3.92. The molecule has 2 aliphatic rings. The predicted octanol–water partition coefficient (Wildman–Crippen LogP) is 3.27. The molecule has 0 saturated carbocycles. The molecule has 2 aliphatic heterocycles. The molecule has 0 amide bonds. The van der Waals surface area contributed by atoms with Gasteiger partial charge in [-0.1, -0.05) is 57.1 Å². The minimum Gasteiger partial charge on any atom is -0.0682 e. The molecule has 1 radical (unpaired) electrons. The molecule has 0 aromatic rings. The minimum absolute atomic E-state index is 0.670. The van der Waals surface area contributed by atoms with Gasteiger partial charge in [-0.15, -0.1) is 0 Å². The lowest BCUT2D eigenvalue weighted by Crippen LogP contribution is -2.26. The summed E-state index contributed by atoms with van der Waals surface area (Å²) in [6, 6.07) is 0. The molecule has 61 valence electrons.